The van der Waals surface area contributed by atoms with Gasteiger partial charge in [0.2, 0.25) is 0 Å². The molecule has 1 aromatic carbocycles. The van der Waals surface area contributed by atoms with Gasteiger partial charge in [-0.25, -0.2) is 0 Å². The first-order chi connectivity index (χ1) is 8.61. The van der Waals surface area contributed by atoms with E-state index in [4.69, 9.17) is 5.26 Å². The van der Waals surface area contributed by atoms with Gasteiger partial charge < -0.3 is 10.4 Å². The lowest BCUT2D eigenvalue weighted by Crippen LogP contribution is -2.13. The molecular formula is C12H10N4O2. The van der Waals surface area contributed by atoms with Crippen LogP contribution in [0.2, 0.25) is 0 Å². The first-order valence-electron chi connectivity index (χ1n) is 5.16. The van der Waals surface area contributed by atoms with Crippen molar-refractivity contribution in [2.45, 2.75) is 6.92 Å². The second-order valence-electron chi connectivity index (χ2n) is 3.75. The Labute approximate surface area is 103 Å². The van der Waals surface area contributed by atoms with Crippen molar-refractivity contribution >= 4 is 11.7 Å². The molecule has 0 fully saturated rings. The maximum atomic E-state index is 11.9. The number of nitrogens with one attached hydrogen (secondary N) is 2. The number of aromatic amines is 1. The van der Waals surface area contributed by atoms with Crippen LogP contribution in [0.1, 0.15) is 21.5 Å². The Morgan fingerprint density at radius 2 is 2.33 bits per heavy atom. The molecule has 0 aliphatic heterocycles. The fraction of sp³-hybridized carbons (Fsp3) is 0.0833. The van der Waals surface area contributed by atoms with E-state index in [9.17, 15) is 9.90 Å². The maximum absolute atomic E-state index is 11.9. The number of rotatable bonds is 2. The van der Waals surface area contributed by atoms with Crippen molar-refractivity contribution in [1.82, 2.24) is 10.2 Å². The molecule has 1 heterocycles. The monoisotopic (exact) mass is 242 g/mol. The van der Waals surface area contributed by atoms with E-state index in [0.717, 1.165) is 5.56 Å². The summed E-state index contributed by atoms with van der Waals surface area (Å²) in [5.74, 6) is -0.402. The largest absolute Gasteiger partial charge is 0.507 e. The van der Waals surface area contributed by atoms with Crippen LogP contribution >= 0.6 is 0 Å². The summed E-state index contributed by atoms with van der Waals surface area (Å²) >= 11 is 0. The number of carbonyl (C=O) groups excluding carboxylic acids is 1. The zero-order valence-electron chi connectivity index (χ0n) is 9.56. The average molecular weight is 242 g/mol. The van der Waals surface area contributed by atoms with Crippen LogP contribution in [-0.2, 0) is 0 Å². The van der Waals surface area contributed by atoms with E-state index < -0.39 is 5.91 Å². The van der Waals surface area contributed by atoms with Gasteiger partial charge in [-0.3, -0.25) is 9.89 Å². The molecule has 6 nitrogen and oxygen atoms in total. The first-order valence-corrected chi connectivity index (χ1v) is 5.16. The smallest absolute Gasteiger partial charge is 0.260 e. The lowest BCUT2D eigenvalue weighted by Gasteiger charge is -2.05. The van der Waals surface area contributed by atoms with Crippen LogP contribution in [0, 0.1) is 18.3 Å². The molecule has 0 aliphatic carbocycles. The molecule has 18 heavy (non-hydrogen) atoms. The standard InChI is InChI=1S/C12H10N4O2/c1-7-2-3-9(10(17)4-7)12(18)15-11-8(5-13)6-14-16-11/h2-4,6,17H,1H3,(H2,14,15,16,18). The molecule has 2 rings (SSSR count). The minimum atomic E-state index is -0.506. The van der Waals surface area contributed by atoms with Gasteiger partial charge in [-0.2, -0.15) is 10.4 Å². The minimum Gasteiger partial charge on any atom is -0.507 e. The fourth-order valence-corrected chi connectivity index (χ4v) is 1.48. The van der Waals surface area contributed by atoms with Crippen LogP contribution in [0.15, 0.2) is 24.4 Å². The molecule has 2 aromatic rings. The molecule has 0 atom stereocenters. The van der Waals surface area contributed by atoms with Gasteiger partial charge in [-0.05, 0) is 24.6 Å². The summed E-state index contributed by atoms with van der Waals surface area (Å²) in [6.45, 7) is 1.81. The number of anilines is 1. The normalized spacial score (nSPS) is 9.78. The van der Waals surface area contributed by atoms with Crippen LogP contribution in [0.5, 0.6) is 5.75 Å². The zero-order valence-corrected chi connectivity index (χ0v) is 9.56. The van der Waals surface area contributed by atoms with Crippen LogP contribution < -0.4 is 5.32 Å². The second kappa shape index (κ2) is 4.59. The predicted octanol–water partition coefficient (Wildman–Crippen LogP) is 1.55. The molecule has 0 aliphatic rings. The Balaban J connectivity index is 2.25. The van der Waals surface area contributed by atoms with E-state index in [2.05, 4.69) is 15.5 Å². The van der Waals surface area contributed by atoms with Crippen LogP contribution in [0.3, 0.4) is 0 Å². The van der Waals surface area contributed by atoms with Gasteiger partial charge in [0, 0.05) is 0 Å². The summed E-state index contributed by atoms with van der Waals surface area (Å²) in [6, 6.07) is 6.61. The van der Waals surface area contributed by atoms with Gasteiger partial charge >= 0.3 is 0 Å². The molecule has 0 saturated carbocycles. The molecule has 0 spiro atoms. The average Bonchev–Trinajstić information content (AvgIpc) is 2.76. The maximum Gasteiger partial charge on any atom is 0.260 e. The number of nitrogens with zero attached hydrogens (tertiary/aromatic N) is 2. The number of nitriles is 1. The number of carbonyl (C=O) groups is 1. The topological polar surface area (TPSA) is 102 Å². The third-order valence-corrected chi connectivity index (χ3v) is 2.40. The first kappa shape index (κ1) is 11.7. The van der Waals surface area contributed by atoms with Crippen molar-refractivity contribution < 1.29 is 9.90 Å². The molecule has 0 radical (unpaired) electrons. The summed E-state index contributed by atoms with van der Waals surface area (Å²) in [7, 11) is 0. The van der Waals surface area contributed by atoms with Crippen molar-refractivity contribution in [1.29, 1.82) is 5.26 Å². The number of phenolic OH excluding ortho intramolecular Hbond substituents is 1. The predicted molar refractivity (Wildman–Crippen MR) is 64.1 cm³/mol. The molecule has 90 valence electrons. The van der Waals surface area contributed by atoms with E-state index >= 15 is 0 Å². The quantitative estimate of drug-likeness (QED) is 0.743. The van der Waals surface area contributed by atoms with Gasteiger partial charge in [0.15, 0.2) is 0 Å². The van der Waals surface area contributed by atoms with E-state index in [1.165, 1.54) is 18.3 Å². The van der Waals surface area contributed by atoms with E-state index in [0.29, 0.717) is 0 Å². The van der Waals surface area contributed by atoms with Crippen molar-refractivity contribution in [3.8, 4) is 11.8 Å². The van der Waals surface area contributed by atoms with Crippen LogP contribution in [0.4, 0.5) is 5.82 Å². The fourth-order valence-electron chi connectivity index (χ4n) is 1.48. The lowest BCUT2D eigenvalue weighted by atomic mass is 10.1. The molecular weight excluding hydrogens is 232 g/mol. The Morgan fingerprint density at radius 3 is 3.00 bits per heavy atom. The highest BCUT2D eigenvalue weighted by atomic mass is 16.3. The van der Waals surface area contributed by atoms with E-state index in [1.54, 1.807) is 6.07 Å². The Kier molecular flexibility index (Phi) is 2.98. The number of hydrogen-bond donors (Lipinski definition) is 3. The molecule has 0 bridgehead atoms. The van der Waals surface area contributed by atoms with Gasteiger partial charge in [0.1, 0.15) is 23.2 Å². The number of aromatic hydroxyl groups is 1. The molecule has 3 N–H and O–H groups in total. The van der Waals surface area contributed by atoms with Gasteiger partial charge in [0.25, 0.3) is 5.91 Å². The van der Waals surface area contributed by atoms with E-state index in [1.807, 2.05) is 13.0 Å². The molecule has 0 saturated heterocycles. The number of benzene rings is 1. The molecule has 1 amide bonds. The van der Waals surface area contributed by atoms with Crippen molar-refractivity contribution in [3.63, 3.8) is 0 Å². The molecule has 0 unspecified atom stereocenters. The summed E-state index contributed by atoms with van der Waals surface area (Å²) in [4.78, 5) is 11.9. The third kappa shape index (κ3) is 2.15. The number of hydrogen-bond acceptors (Lipinski definition) is 4. The third-order valence-electron chi connectivity index (χ3n) is 2.40. The molecule has 6 heteroatoms. The number of amides is 1. The lowest BCUT2D eigenvalue weighted by molar-refractivity contribution is 0.102. The number of phenols is 1. The van der Waals surface area contributed by atoms with Crippen LogP contribution in [-0.4, -0.2) is 21.2 Å². The zero-order chi connectivity index (χ0) is 13.1. The highest BCUT2D eigenvalue weighted by Crippen LogP contribution is 2.20. The van der Waals surface area contributed by atoms with Crippen molar-refractivity contribution in [2.75, 3.05) is 5.32 Å². The highest BCUT2D eigenvalue weighted by Gasteiger charge is 2.14. The summed E-state index contributed by atoms with van der Waals surface area (Å²) in [6.07, 6.45) is 1.31. The Bertz CT molecular complexity index is 640. The Morgan fingerprint density at radius 1 is 1.56 bits per heavy atom. The number of aromatic nitrogens is 2. The summed E-state index contributed by atoms with van der Waals surface area (Å²) in [5.41, 5.74) is 1.22. The van der Waals surface area contributed by atoms with Gasteiger partial charge in [-0.15, -0.1) is 0 Å². The van der Waals surface area contributed by atoms with E-state index in [-0.39, 0.29) is 22.7 Å². The minimum absolute atomic E-state index is 0.106. The summed E-state index contributed by atoms with van der Waals surface area (Å²) in [5, 5.41) is 27.1. The van der Waals surface area contributed by atoms with Gasteiger partial charge in [0.05, 0.1) is 11.8 Å². The summed E-state index contributed by atoms with van der Waals surface area (Å²) < 4.78 is 0. The van der Waals surface area contributed by atoms with Crippen molar-refractivity contribution in [3.05, 3.63) is 41.1 Å². The van der Waals surface area contributed by atoms with Crippen LogP contribution in [0.25, 0.3) is 0 Å². The SMILES string of the molecule is Cc1ccc(C(=O)Nc2[nH]ncc2C#N)c(O)c1. The molecule has 1 aromatic heterocycles. The number of H-pyrrole nitrogens is 1. The highest BCUT2D eigenvalue weighted by molar-refractivity contribution is 6.06. The second-order valence-corrected chi connectivity index (χ2v) is 3.75. The van der Waals surface area contributed by atoms with Crippen molar-refractivity contribution in [2.24, 2.45) is 0 Å². The Hall–Kier alpha value is -2.81. The van der Waals surface area contributed by atoms with Gasteiger partial charge in [-0.1, -0.05) is 6.07 Å². The number of aryl methyl sites for hydroxylation is 1.